The number of carbonyl (C=O) groups is 1. The molecular weight excluding hydrogens is 508 g/mol. The normalized spacial score (nSPS) is 24.3. The maximum atomic E-state index is 11.2. The Labute approximate surface area is 157 Å². The van der Waals surface area contributed by atoms with Gasteiger partial charge in [0.15, 0.2) is 5.96 Å². The van der Waals surface area contributed by atoms with Gasteiger partial charge in [-0.3, -0.25) is 0 Å². The van der Waals surface area contributed by atoms with Gasteiger partial charge in [0.05, 0.1) is 24.9 Å². The van der Waals surface area contributed by atoms with Gasteiger partial charge in [0.2, 0.25) is 5.76 Å². The Hall–Kier alpha value is -1.90. The van der Waals surface area contributed by atoms with E-state index in [1.807, 2.05) is 0 Å². The van der Waals surface area contributed by atoms with Gasteiger partial charge in [-0.1, -0.05) is 0 Å². The Bertz CT molecular complexity index is 561. The second kappa shape index (κ2) is 10.9. The van der Waals surface area contributed by atoms with Crippen LogP contribution in [0.1, 0.15) is 0 Å². The molecule has 0 aromatic heterocycles. The first kappa shape index (κ1) is 23.1. The number of nitrogens with zero attached hydrogens (tertiary/aromatic N) is 1. The molecule has 1 heterocycles. The molecule has 8 N–H and O–H groups in total. The van der Waals surface area contributed by atoms with Gasteiger partial charge in [-0.25, -0.2) is 14.6 Å². The molecule has 0 saturated carbocycles. The number of ether oxygens (including phenoxy) is 2. The summed E-state index contributed by atoms with van der Waals surface area (Å²) in [6, 6.07) is -1.92. The molecule has 0 radical (unpaired) electrons. The number of hydrogen-bond acceptors (Lipinski definition) is 8. The smallest absolute Gasteiger partial charge is 0.370 e. The molecule has 0 saturated heterocycles. The number of carboxylic acid groups (broad SMARTS) is 1. The van der Waals surface area contributed by atoms with E-state index in [2.05, 4.69) is 10.3 Å². The van der Waals surface area contributed by atoms with Crippen molar-refractivity contribution >= 4 is 17.9 Å². The molecule has 0 aromatic carbocycles. The second-order valence-electron chi connectivity index (χ2n) is 4.93. The summed E-state index contributed by atoms with van der Waals surface area (Å²) in [6.45, 7) is -0.226. The first-order chi connectivity index (χ1) is 11.3. The zero-order valence-electron chi connectivity index (χ0n) is 13.2. The number of aliphatic imine (C=N–C) groups is 1. The van der Waals surface area contributed by atoms with Crippen LogP contribution in [0.5, 0.6) is 0 Å². The fourth-order valence-electron chi connectivity index (χ4n) is 2.22. The molecule has 11 nitrogen and oxygen atoms in total. The van der Waals surface area contributed by atoms with Crippen LogP contribution in [0.4, 0.5) is 0 Å². The number of rotatable bonds is 8. The number of aliphatic hydroxyl groups is 2. The maximum absolute atomic E-state index is 11.2. The van der Waals surface area contributed by atoms with Crippen LogP contribution < -0.4 is 16.8 Å². The average Bonchev–Trinajstić information content (AvgIpc) is 2.51. The van der Waals surface area contributed by atoms with Crippen LogP contribution in [0.2, 0.25) is 0 Å². The van der Waals surface area contributed by atoms with Crippen LogP contribution in [0.3, 0.4) is 0 Å². The molecule has 0 aromatic rings. The van der Waals surface area contributed by atoms with Crippen molar-refractivity contribution in [3.8, 4) is 0 Å². The second-order valence-corrected chi connectivity index (χ2v) is 4.93. The molecule has 0 fully saturated rings. The van der Waals surface area contributed by atoms with Crippen LogP contribution in [0.15, 0.2) is 23.0 Å². The average molecular weight is 528 g/mol. The van der Waals surface area contributed by atoms with E-state index in [4.69, 9.17) is 26.0 Å². The zero-order valence-corrected chi connectivity index (χ0v) is 16.2. The van der Waals surface area contributed by atoms with Crippen molar-refractivity contribution in [2.45, 2.75) is 30.4 Å². The molecule has 140 valence electrons. The van der Waals surface area contributed by atoms with E-state index in [9.17, 15) is 19.8 Å². The Balaban J connectivity index is 0.00000576. The SMILES string of the molecule is COCC(O)C(O)C1OC(C(=O)O)=CC(N=C(N)N)C1NC=C=O.[W]. The van der Waals surface area contributed by atoms with Crippen LogP contribution >= 0.6 is 0 Å². The van der Waals surface area contributed by atoms with E-state index in [1.54, 1.807) is 0 Å². The van der Waals surface area contributed by atoms with Crippen LogP contribution in [0, 0.1) is 0 Å². The number of nitrogens with one attached hydrogen (secondary N) is 1. The summed E-state index contributed by atoms with van der Waals surface area (Å²) in [5.41, 5.74) is 10.7. The molecule has 12 heteroatoms. The van der Waals surface area contributed by atoms with Gasteiger partial charge in [-0.2, -0.15) is 0 Å². The minimum atomic E-state index is -1.55. The van der Waals surface area contributed by atoms with Crippen LogP contribution in [-0.2, 0) is 40.1 Å². The molecule has 0 bridgehead atoms. The van der Waals surface area contributed by atoms with Gasteiger partial charge < -0.3 is 41.6 Å². The van der Waals surface area contributed by atoms with Crippen molar-refractivity contribution in [2.24, 2.45) is 16.5 Å². The van der Waals surface area contributed by atoms with E-state index in [0.29, 0.717) is 0 Å². The van der Waals surface area contributed by atoms with Gasteiger partial charge in [-0.05, 0) is 6.08 Å². The van der Waals surface area contributed by atoms with Crippen molar-refractivity contribution < 1.29 is 55.4 Å². The molecule has 1 aliphatic heterocycles. The Kier molecular flexibility index (Phi) is 10.0. The van der Waals surface area contributed by atoms with Crippen LogP contribution in [-0.4, -0.2) is 77.3 Å². The number of carbonyl (C=O) groups excluding carboxylic acids is 1. The Morgan fingerprint density at radius 1 is 1.56 bits per heavy atom. The molecule has 1 rings (SSSR count). The van der Waals surface area contributed by atoms with Crippen molar-refractivity contribution in [3.05, 3.63) is 18.0 Å². The number of methoxy groups -OCH3 is 1. The maximum Gasteiger partial charge on any atom is 0.370 e. The third-order valence-electron chi connectivity index (χ3n) is 3.22. The largest absolute Gasteiger partial charge is 0.478 e. The molecule has 5 unspecified atom stereocenters. The Morgan fingerprint density at radius 2 is 2.20 bits per heavy atom. The van der Waals surface area contributed by atoms with Crippen LogP contribution in [0.25, 0.3) is 0 Å². The summed E-state index contributed by atoms with van der Waals surface area (Å²) in [5, 5.41) is 31.8. The minimum absolute atomic E-state index is 0. The number of aliphatic hydroxyl groups excluding tert-OH is 2. The monoisotopic (exact) mass is 528 g/mol. The fourth-order valence-corrected chi connectivity index (χ4v) is 2.22. The van der Waals surface area contributed by atoms with Gasteiger partial charge in [0, 0.05) is 28.2 Å². The number of hydrogen-bond donors (Lipinski definition) is 6. The standard InChI is InChI=1S/C13H20N4O7.W/c1-23-5-7(19)10(20)11-9(16-2-3-18)6(17-13(14)15)4-8(24-11)12(21)22;/h2,4,6-7,9-11,16,19-20H,5H2,1H3,(H,21,22)(H4,14,15,17);. The van der Waals surface area contributed by atoms with E-state index < -0.39 is 42.1 Å². The first-order valence-electron chi connectivity index (χ1n) is 6.82. The molecular formula is C13H20N4O7W. The number of aliphatic carboxylic acids is 1. The minimum Gasteiger partial charge on any atom is -0.478 e. The van der Waals surface area contributed by atoms with Crippen molar-refractivity contribution in [1.82, 2.24) is 5.32 Å². The number of carboxylic acids is 1. The van der Waals surface area contributed by atoms with Gasteiger partial charge in [0.25, 0.3) is 0 Å². The predicted octanol–water partition coefficient (Wildman–Crippen LogP) is -3.34. The molecule has 5 atom stereocenters. The number of guanidine groups is 1. The summed E-state index contributed by atoms with van der Waals surface area (Å²) >= 11 is 0. The third kappa shape index (κ3) is 6.49. The number of nitrogens with two attached hydrogens (primary N) is 2. The zero-order chi connectivity index (χ0) is 18.3. The summed E-state index contributed by atoms with van der Waals surface area (Å²) < 4.78 is 9.97. The predicted molar refractivity (Wildman–Crippen MR) is 81.3 cm³/mol. The molecule has 0 amide bonds. The Morgan fingerprint density at radius 3 is 2.68 bits per heavy atom. The summed E-state index contributed by atoms with van der Waals surface area (Å²) in [6.07, 6.45) is -2.21. The van der Waals surface area contributed by atoms with Crippen molar-refractivity contribution in [3.63, 3.8) is 0 Å². The van der Waals surface area contributed by atoms with Gasteiger partial charge in [-0.15, -0.1) is 0 Å². The van der Waals surface area contributed by atoms with Crippen molar-refractivity contribution in [2.75, 3.05) is 13.7 Å². The first-order valence-corrected chi connectivity index (χ1v) is 6.82. The quantitative estimate of drug-likeness (QED) is 0.106. The van der Waals surface area contributed by atoms with Crippen molar-refractivity contribution in [1.29, 1.82) is 0 Å². The molecule has 0 spiro atoms. The summed E-state index contributed by atoms with van der Waals surface area (Å²) in [4.78, 5) is 25.5. The summed E-state index contributed by atoms with van der Waals surface area (Å²) in [5.74, 6) is -0.776. The molecule has 25 heavy (non-hydrogen) atoms. The van der Waals surface area contributed by atoms with E-state index in [1.165, 1.54) is 13.1 Å². The van der Waals surface area contributed by atoms with E-state index in [-0.39, 0.29) is 33.6 Å². The van der Waals surface area contributed by atoms with Gasteiger partial charge >= 0.3 is 5.97 Å². The van der Waals surface area contributed by atoms with E-state index >= 15 is 0 Å². The van der Waals surface area contributed by atoms with Gasteiger partial charge in [0.1, 0.15) is 24.3 Å². The topological polar surface area (TPSA) is 190 Å². The molecule has 0 aliphatic carbocycles. The summed E-state index contributed by atoms with van der Waals surface area (Å²) in [7, 11) is 1.31. The third-order valence-corrected chi connectivity index (χ3v) is 3.22. The fraction of sp³-hybridized carbons (Fsp3) is 0.538. The molecule has 1 aliphatic rings. The van der Waals surface area contributed by atoms with E-state index in [0.717, 1.165) is 12.3 Å².